The minimum Gasteiger partial charge on any atom is -0.377 e. The molecule has 1 aromatic rings. The molecule has 1 fully saturated rings. The molecule has 0 aliphatic carbocycles. The van der Waals surface area contributed by atoms with Gasteiger partial charge in [-0.3, -0.25) is 4.79 Å². The predicted octanol–water partition coefficient (Wildman–Crippen LogP) is 1.89. The maximum atomic E-state index is 13.3. The van der Waals surface area contributed by atoms with Crippen LogP contribution in [0.15, 0.2) is 18.2 Å². The Hall–Kier alpha value is -1.90. The Kier molecular flexibility index (Phi) is 5.32. The molecule has 2 atom stereocenters. The van der Waals surface area contributed by atoms with Crippen LogP contribution >= 0.6 is 0 Å². The van der Waals surface area contributed by atoms with Crippen LogP contribution in [0.2, 0.25) is 0 Å². The topological polar surface area (TPSA) is 64.3 Å². The molecule has 21 heavy (non-hydrogen) atoms. The highest BCUT2D eigenvalue weighted by atomic mass is 19.1. The van der Waals surface area contributed by atoms with Crippen molar-refractivity contribution in [2.45, 2.75) is 25.9 Å². The molecule has 2 unspecified atom stereocenters. The highest BCUT2D eigenvalue weighted by Gasteiger charge is 2.32. The fourth-order valence-electron chi connectivity index (χ4n) is 2.45. The average Bonchev–Trinajstić information content (AvgIpc) is 2.96. The van der Waals surface area contributed by atoms with E-state index in [1.807, 2.05) is 6.92 Å². The summed E-state index contributed by atoms with van der Waals surface area (Å²) in [5.74, 6) is 4.77. The quantitative estimate of drug-likeness (QED) is 0.836. The van der Waals surface area contributed by atoms with Gasteiger partial charge in [-0.15, -0.1) is 0 Å². The Bertz CT molecular complexity index is 577. The van der Waals surface area contributed by atoms with E-state index in [9.17, 15) is 9.18 Å². The monoisotopic (exact) mass is 290 g/mol. The summed E-state index contributed by atoms with van der Waals surface area (Å²) in [5.41, 5.74) is 6.27. The van der Waals surface area contributed by atoms with Crippen molar-refractivity contribution in [3.8, 4) is 11.8 Å². The first-order valence-electron chi connectivity index (χ1n) is 7.06. The molecule has 0 spiro atoms. The molecular weight excluding hydrogens is 271 g/mol. The normalized spacial score (nSPS) is 20.7. The van der Waals surface area contributed by atoms with E-state index in [0.717, 1.165) is 6.42 Å². The van der Waals surface area contributed by atoms with Crippen LogP contribution in [-0.2, 0) is 9.53 Å². The van der Waals surface area contributed by atoms with Gasteiger partial charge < -0.3 is 15.8 Å². The molecule has 5 heteroatoms. The third-order valence-electron chi connectivity index (χ3n) is 3.51. The number of ether oxygens (including phenoxy) is 1. The zero-order valence-electron chi connectivity index (χ0n) is 12.0. The van der Waals surface area contributed by atoms with Crippen LogP contribution in [0.5, 0.6) is 0 Å². The van der Waals surface area contributed by atoms with Crippen LogP contribution < -0.4 is 11.1 Å². The standard InChI is InChI=1S/C16H19FN2O2/c1-2-15-13(7-9-21-15)16(20)19-14-6-5-12(17)10-11(14)4-3-8-18/h5-6,10,13,15H,2,7-9,18H2,1H3,(H,19,20). The largest absolute Gasteiger partial charge is 0.377 e. The summed E-state index contributed by atoms with van der Waals surface area (Å²) in [6, 6.07) is 4.11. The van der Waals surface area contributed by atoms with Crippen LogP contribution in [0.25, 0.3) is 0 Å². The second-order valence-corrected chi connectivity index (χ2v) is 4.90. The van der Waals surface area contributed by atoms with Gasteiger partial charge in [-0.25, -0.2) is 4.39 Å². The summed E-state index contributed by atoms with van der Waals surface area (Å²) in [5, 5.41) is 2.82. The zero-order chi connectivity index (χ0) is 15.2. The average molecular weight is 290 g/mol. The van der Waals surface area contributed by atoms with Gasteiger partial charge in [0.25, 0.3) is 0 Å². The second-order valence-electron chi connectivity index (χ2n) is 4.90. The van der Waals surface area contributed by atoms with Gasteiger partial charge in [-0.2, -0.15) is 0 Å². The highest BCUT2D eigenvalue weighted by molar-refractivity contribution is 5.94. The summed E-state index contributed by atoms with van der Waals surface area (Å²) in [6.07, 6.45) is 1.44. The molecular formula is C16H19FN2O2. The molecule has 112 valence electrons. The lowest BCUT2D eigenvalue weighted by Gasteiger charge is -2.17. The van der Waals surface area contributed by atoms with E-state index in [0.29, 0.717) is 24.3 Å². The minimum absolute atomic E-state index is 0.0518. The number of carbonyl (C=O) groups excluding carboxylic acids is 1. The first-order chi connectivity index (χ1) is 10.2. The van der Waals surface area contributed by atoms with Crippen molar-refractivity contribution >= 4 is 11.6 Å². The number of hydrogen-bond donors (Lipinski definition) is 2. The molecule has 1 amide bonds. The van der Waals surface area contributed by atoms with Crippen molar-refractivity contribution < 1.29 is 13.9 Å². The molecule has 0 saturated carbocycles. The minimum atomic E-state index is -0.398. The molecule has 3 N–H and O–H groups in total. The number of nitrogens with one attached hydrogen (secondary N) is 1. The van der Waals surface area contributed by atoms with Gasteiger partial charge in [0.15, 0.2) is 0 Å². The van der Waals surface area contributed by atoms with Crippen LogP contribution in [0.4, 0.5) is 10.1 Å². The number of hydrogen-bond acceptors (Lipinski definition) is 3. The van der Waals surface area contributed by atoms with Crippen molar-refractivity contribution in [2.24, 2.45) is 11.7 Å². The maximum Gasteiger partial charge on any atom is 0.230 e. The van der Waals surface area contributed by atoms with Gasteiger partial charge >= 0.3 is 0 Å². The van der Waals surface area contributed by atoms with Gasteiger partial charge in [0.1, 0.15) is 5.82 Å². The molecule has 1 aliphatic rings. The summed E-state index contributed by atoms with van der Waals surface area (Å²) in [4.78, 5) is 12.3. The van der Waals surface area contributed by atoms with Crippen molar-refractivity contribution in [1.29, 1.82) is 0 Å². The Morgan fingerprint density at radius 2 is 2.38 bits per heavy atom. The smallest absolute Gasteiger partial charge is 0.230 e. The molecule has 1 heterocycles. The van der Waals surface area contributed by atoms with Crippen LogP contribution in [0.1, 0.15) is 25.3 Å². The zero-order valence-corrected chi connectivity index (χ0v) is 12.0. The molecule has 0 radical (unpaired) electrons. The van der Waals surface area contributed by atoms with Crippen molar-refractivity contribution in [1.82, 2.24) is 0 Å². The number of carbonyl (C=O) groups is 1. The summed E-state index contributed by atoms with van der Waals surface area (Å²) in [7, 11) is 0. The Morgan fingerprint density at radius 1 is 1.57 bits per heavy atom. The third kappa shape index (κ3) is 3.81. The number of anilines is 1. The van der Waals surface area contributed by atoms with E-state index >= 15 is 0 Å². The SMILES string of the molecule is CCC1OCCC1C(=O)Nc1ccc(F)cc1C#CCN. The first-order valence-corrected chi connectivity index (χ1v) is 7.06. The number of nitrogens with two attached hydrogens (primary N) is 1. The van der Waals surface area contributed by atoms with E-state index in [1.54, 1.807) is 0 Å². The van der Waals surface area contributed by atoms with E-state index in [2.05, 4.69) is 17.2 Å². The summed E-state index contributed by atoms with van der Waals surface area (Å²) in [6.45, 7) is 2.77. The summed E-state index contributed by atoms with van der Waals surface area (Å²) >= 11 is 0. The van der Waals surface area contributed by atoms with E-state index in [1.165, 1.54) is 18.2 Å². The van der Waals surface area contributed by atoms with Crippen LogP contribution in [0, 0.1) is 23.6 Å². The van der Waals surface area contributed by atoms with Crippen LogP contribution in [-0.4, -0.2) is 25.2 Å². The van der Waals surface area contributed by atoms with Crippen LogP contribution in [0.3, 0.4) is 0 Å². The Morgan fingerprint density at radius 3 is 3.10 bits per heavy atom. The lowest BCUT2D eigenvalue weighted by molar-refractivity contribution is -0.121. The molecule has 1 aromatic carbocycles. The molecule has 0 aromatic heterocycles. The third-order valence-corrected chi connectivity index (χ3v) is 3.51. The number of benzene rings is 1. The second kappa shape index (κ2) is 7.21. The van der Waals surface area contributed by atoms with Gasteiger partial charge in [0.2, 0.25) is 5.91 Å². The van der Waals surface area contributed by atoms with Gasteiger partial charge in [-0.05, 0) is 31.0 Å². The van der Waals surface area contributed by atoms with Gasteiger partial charge in [-0.1, -0.05) is 18.8 Å². The van der Waals surface area contributed by atoms with E-state index in [4.69, 9.17) is 10.5 Å². The highest BCUT2D eigenvalue weighted by Crippen LogP contribution is 2.26. The fourth-order valence-corrected chi connectivity index (χ4v) is 2.45. The van der Waals surface area contributed by atoms with Crippen molar-refractivity contribution in [3.63, 3.8) is 0 Å². The van der Waals surface area contributed by atoms with E-state index in [-0.39, 0.29) is 24.5 Å². The van der Waals surface area contributed by atoms with Gasteiger partial charge in [0, 0.05) is 6.61 Å². The Labute approximate surface area is 123 Å². The maximum absolute atomic E-state index is 13.3. The fraction of sp³-hybridized carbons (Fsp3) is 0.438. The lowest BCUT2D eigenvalue weighted by atomic mass is 9.98. The summed E-state index contributed by atoms with van der Waals surface area (Å²) < 4.78 is 18.8. The van der Waals surface area contributed by atoms with Crippen molar-refractivity contribution in [3.05, 3.63) is 29.6 Å². The van der Waals surface area contributed by atoms with E-state index < -0.39 is 5.82 Å². The predicted molar refractivity (Wildman–Crippen MR) is 79.1 cm³/mol. The Balaban J connectivity index is 2.17. The molecule has 0 bridgehead atoms. The molecule has 1 aliphatic heterocycles. The van der Waals surface area contributed by atoms with Gasteiger partial charge in [0.05, 0.1) is 29.8 Å². The molecule has 4 nitrogen and oxygen atoms in total. The van der Waals surface area contributed by atoms with Crippen molar-refractivity contribution in [2.75, 3.05) is 18.5 Å². The first kappa shape index (κ1) is 15.5. The number of amides is 1. The number of halogens is 1. The molecule has 1 saturated heterocycles. The molecule has 2 rings (SSSR count). The number of rotatable bonds is 3. The lowest BCUT2D eigenvalue weighted by Crippen LogP contribution is -2.29.